The van der Waals surface area contributed by atoms with Crippen LogP contribution in [0.15, 0.2) is 24.5 Å². The van der Waals surface area contributed by atoms with Crippen LogP contribution in [0.2, 0.25) is 0 Å². The molecule has 0 bridgehead atoms. The molecule has 2 N–H and O–H groups in total. The number of nitrogens with zero attached hydrogens (tertiary/aromatic N) is 3. The van der Waals surface area contributed by atoms with E-state index in [4.69, 9.17) is 5.73 Å². The van der Waals surface area contributed by atoms with E-state index in [0.29, 0.717) is 0 Å². The molecule has 0 aromatic carbocycles. The zero-order valence-corrected chi connectivity index (χ0v) is 11.2. The highest BCUT2D eigenvalue weighted by molar-refractivity contribution is 5.35. The lowest BCUT2D eigenvalue weighted by Gasteiger charge is -2.11. The lowest BCUT2D eigenvalue weighted by Crippen LogP contribution is -2.21. The summed E-state index contributed by atoms with van der Waals surface area (Å²) in [6, 6.07) is 4.33. The van der Waals surface area contributed by atoms with E-state index in [2.05, 4.69) is 30.0 Å². The van der Waals surface area contributed by atoms with Crippen LogP contribution < -0.4 is 5.73 Å². The maximum atomic E-state index is 5.96. The minimum atomic E-state index is 0.212. The minimum absolute atomic E-state index is 0.212. The van der Waals surface area contributed by atoms with E-state index in [1.165, 1.54) is 5.56 Å². The predicted octanol–water partition coefficient (Wildman–Crippen LogP) is 2.16. The Hall–Kier alpha value is -1.68. The van der Waals surface area contributed by atoms with Crippen LogP contribution in [0, 0.1) is 13.8 Å². The molecule has 0 aliphatic heterocycles. The van der Waals surface area contributed by atoms with Crippen LogP contribution in [0.4, 0.5) is 0 Å². The van der Waals surface area contributed by atoms with E-state index in [1.54, 1.807) is 0 Å². The van der Waals surface area contributed by atoms with Crippen molar-refractivity contribution in [2.75, 3.05) is 0 Å². The smallest absolute Gasteiger partial charge is 0.156 e. The van der Waals surface area contributed by atoms with Gasteiger partial charge in [0.2, 0.25) is 0 Å². The maximum absolute atomic E-state index is 5.96. The standard InChI is InChI=1S/C14H20N4/c1-4-13(15)8-12-7-10(2)14(16-9-12)18-6-5-11(3)17-18/h5-7,9,13H,4,8,15H2,1-3H3. The molecule has 0 saturated carbocycles. The second-order valence-corrected chi connectivity index (χ2v) is 4.76. The third-order valence-electron chi connectivity index (χ3n) is 3.07. The van der Waals surface area contributed by atoms with Gasteiger partial charge >= 0.3 is 0 Å². The monoisotopic (exact) mass is 244 g/mol. The van der Waals surface area contributed by atoms with Gasteiger partial charge < -0.3 is 5.73 Å². The van der Waals surface area contributed by atoms with Gasteiger partial charge in [-0.2, -0.15) is 5.10 Å². The first-order valence-electron chi connectivity index (χ1n) is 6.34. The average molecular weight is 244 g/mol. The van der Waals surface area contributed by atoms with E-state index in [-0.39, 0.29) is 6.04 Å². The normalized spacial score (nSPS) is 12.7. The summed E-state index contributed by atoms with van der Waals surface area (Å²) in [4.78, 5) is 4.49. The van der Waals surface area contributed by atoms with Crippen molar-refractivity contribution in [3.8, 4) is 5.82 Å². The lowest BCUT2D eigenvalue weighted by atomic mass is 10.1. The van der Waals surface area contributed by atoms with Crippen molar-refractivity contribution in [2.24, 2.45) is 5.73 Å². The van der Waals surface area contributed by atoms with Gasteiger partial charge in [0.25, 0.3) is 0 Å². The minimum Gasteiger partial charge on any atom is -0.327 e. The highest BCUT2D eigenvalue weighted by atomic mass is 15.3. The summed E-state index contributed by atoms with van der Waals surface area (Å²) in [5.74, 6) is 0.886. The SMILES string of the molecule is CCC(N)Cc1cnc(-n2ccc(C)n2)c(C)c1. The average Bonchev–Trinajstić information content (AvgIpc) is 2.75. The van der Waals surface area contributed by atoms with Crippen LogP contribution in [-0.2, 0) is 6.42 Å². The van der Waals surface area contributed by atoms with Crippen molar-refractivity contribution in [1.29, 1.82) is 0 Å². The van der Waals surface area contributed by atoms with Gasteiger partial charge in [0, 0.05) is 18.4 Å². The lowest BCUT2D eigenvalue weighted by molar-refractivity contribution is 0.644. The molecule has 0 amide bonds. The first-order chi connectivity index (χ1) is 8.60. The first-order valence-corrected chi connectivity index (χ1v) is 6.34. The van der Waals surface area contributed by atoms with Gasteiger partial charge in [-0.1, -0.05) is 13.0 Å². The van der Waals surface area contributed by atoms with E-state index < -0.39 is 0 Å². The summed E-state index contributed by atoms with van der Waals surface area (Å²) in [5.41, 5.74) is 9.27. The van der Waals surface area contributed by atoms with E-state index >= 15 is 0 Å². The molecular weight excluding hydrogens is 224 g/mol. The van der Waals surface area contributed by atoms with Gasteiger partial charge in [-0.3, -0.25) is 0 Å². The molecule has 18 heavy (non-hydrogen) atoms. The molecule has 1 atom stereocenters. The Morgan fingerprint density at radius 1 is 1.39 bits per heavy atom. The predicted molar refractivity (Wildman–Crippen MR) is 72.8 cm³/mol. The molecule has 0 aliphatic carbocycles. The molecule has 0 radical (unpaired) electrons. The van der Waals surface area contributed by atoms with Crippen molar-refractivity contribution in [3.05, 3.63) is 41.3 Å². The summed E-state index contributed by atoms with van der Waals surface area (Å²) < 4.78 is 1.81. The number of aryl methyl sites for hydroxylation is 2. The first kappa shape index (κ1) is 12.8. The fourth-order valence-corrected chi connectivity index (χ4v) is 1.96. The molecule has 0 saturated heterocycles. The third-order valence-corrected chi connectivity index (χ3v) is 3.07. The molecule has 0 spiro atoms. The van der Waals surface area contributed by atoms with Crippen LogP contribution in [0.5, 0.6) is 0 Å². The van der Waals surface area contributed by atoms with E-state index in [0.717, 1.165) is 29.9 Å². The molecule has 2 heterocycles. The molecule has 1 unspecified atom stereocenters. The van der Waals surface area contributed by atoms with E-state index in [1.807, 2.05) is 30.1 Å². The molecule has 96 valence electrons. The molecular formula is C14H20N4. The Morgan fingerprint density at radius 3 is 2.72 bits per heavy atom. The molecule has 0 fully saturated rings. The Labute approximate surface area is 108 Å². The van der Waals surface area contributed by atoms with Gasteiger partial charge in [0.1, 0.15) is 0 Å². The second-order valence-electron chi connectivity index (χ2n) is 4.76. The number of nitrogens with two attached hydrogens (primary N) is 1. The van der Waals surface area contributed by atoms with E-state index in [9.17, 15) is 0 Å². The Morgan fingerprint density at radius 2 is 2.17 bits per heavy atom. The highest BCUT2D eigenvalue weighted by Crippen LogP contribution is 2.13. The molecule has 2 rings (SSSR count). The van der Waals surface area contributed by atoms with Crippen LogP contribution in [0.25, 0.3) is 5.82 Å². The van der Waals surface area contributed by atoms with Gasteiger partial charge in [-0.15, -0.1) is 0 Å². The van der Waals surface area contributed by atoms with Gasteiger partial charge in [0.05, 0.1) is 5.69 Å². The van der Waals surface area contributed by atoms with Crippen LogP contribution >= 0.6 is 0 Å². The van der Waals surface area contributed by atoms with Crippen molar-refractivity contribution in [3.63, 3.8) is 0 Å². The van der Waals surface area contributed by atoms with Gasteiger partial charge in [-0.05, 0) is 43.9 Å². The molecule has 0 aliphatic rings. The molecule has 4 heteroatoms. The zero-order chi connectivity index (χ0) is 13.1. The van der Waals surface area contributed by atoms with Crippen molar-refractivity contribution in [2.45, 2.75) is 39.7 Å². The fraction of sp³-hybridized carbons (Fsp3) is 0.429. The van der Waals surface area contributed by atoms with Crippen LogP contribution in [-0.4, -0.2) is 20.8 Å². The number of hydrogen-bond donors (Lipinski definition) is 1. The van der Waals surface area contributed by atoms with Gasteiger partial charge in [0.15, 0.2) is 5.82 Å². The zero-order valence-electron chi connectivity index (χ0n) is 11.2. The summed E-state index contributed by atoms with van der Waals surface area (Å²) in [6.07, 6.45) is 5.69. The Kier molecular flexibility index (Phi) is 3.77. The van der Waals surface area contributed by atoms with Crippen molar-refractivity contribution in [1.82, 2.24) is 14.8 Å². The highest BCUT2D eigenvalue weighted by Gasteiger charge is 2.07. The van der Waals surface area contributed by atoms with Crippen molar-refractivity contribution >= 4 is 0 Å². The molecule has 2 aromatic rings. The topological polar surface area (TPSA) is 56.7 Å². The Balaban J connectivity index is 2.25. The van der Waals surface area contributed by atoms with Crippen LogP contribution in [0.3, 0.4) is 0 Å². The van der Waals surface area contributed by atoms with Crippen LogP contribution in [0.1, 0.15) is 30.2 Å². The Bertz CT molecular complexity index is 530. The third kappa shape index (κ3) is 2.76. The maximum Gasteiger partial charge on any atom is 0.156 e. The summed E-state index contributed by atoms with van der Waals surface area (Å²) in [7, 11) is 0. The largest absolute Gasteiger partial charge is 0.327 e. The second kappa shape index (κ2) is 5.31. The summed E-state index contributed by atoms with van der Waals surface area (Å²) in [6.45, 7) is 6.13. The van der Waals surface area contributed by atoms with Crippen molar-refractivity contribution < 1.29 is 0 Å². The summed E-state index contributed by atoms with van der Waals surface area (Å²) >= 11 is 0. The molecule has 2 aromatic heterocycles. The fourth-order valence-electron chi connectivity index (χ4n) is 1.96. The van der Waals surface area contributed by atoms with Gasteiger partial charge in [-0.25, -0.2) is 9.67 Å². The number of rotatable bonds is 4. The molecule has 4 nitrogen and oxygen atoms in total. The summed E-state index contributed by atoms with van der Waals surface area (Å²) in [5, 5.41) is 4.38. The number of aromatic nitrogens is 3. The number of hydrogen-bond acceptors (Lipinski definition) is 3. The quantitative estimate of drug-likeness (QED) is 0.896. The number of pyridine rings is 1.